The lowest BCUT2D eigenvalue weighted by atomic mass is 10.1. The summed E-state index contributed by atoms with van der Waals surface area (Å²) in [5.41, 5.74) is 5.48. The number of carbonyl (C=O) groups excluding carboxylic acids is 1. The van der Waals surface area contributed by atoms with Gasteiger partial charge in [0.1, 0.15) is 12.6 Å². The van der Waals surface area contributed by atoms with E-state index in [1.165, 1.54) is 12.7 Å². The van der Waals surface area contributed by atoms with Crippen molar-refractivity contribution in [3.8, 4) is 0 Å². The van der Waals surface area contributed by atoms with Crippen LogP contribution in [0.2, 0.25) is 0 Å². The van der Waals surface area contributed by atoms with Crippen LogP contribution >= 0.6 is 0 Å². The predicted molar refractivity (Wildman–Crippen MR) is 104 cm³/mol. The first-order valence-corrected chi connectivity index (χ1v) is 9.08. The minimum Gasteiger partial charge on any atom is -0.480 e. The Morgan fingerprint density at radius 2 is 2.13 bits per heavy atom. The number of aliphatic carboxylic acids is 1. The van der Waals surface area contributed by atoms with Crippen LogP contribution in [0.4, 0.5) is 4.79 Å². The first-order valence-electron chi connectivity index (χ1n) is 9.08. The van der Waals surface area contributed by atoms with E-state index in [0.717, 1.165) is 0 Å². The molecule has 0 fully saturated rings. The monoisotopic (exact) mass is 424 g/mol. The van der Waals surface area contributed by atoms with Crippen LogP contribution in [0.25, 0.3) is 11.2 Å². The number of carboxylic acid groups (broad SMARTS) is 1. The van der Waals surface area contributed by atoms with Gasteiger partial charge in [0.05, 0.1) is 25.9 Å². The van der Waals surface area contributed by atoms with Crippen molar-refractivity contribution in [1.29, 1.82) is 5.41 Å². The molecule has 0 saturated heterocycles. The van der Waals surface area contributed by atoms with Gasteiger partial charge in [-0.15, -0.1) is 0 Å². The Morgan fingerprint density at radius 1 is 1.33 bits per heavy atom. The maximum Gasteiger partial charge on any atom is 0.407 e. The predicted octanol–water partition coefficient (Wildman–Crippen LogP) is -1.42. The molecule has 30 heavy (non-hydrogen) atoms. The molecule has 0 aliphatic heterocycles. The van der Waals surface area contributed by atoms with Crippen molar-refractivity contribution < 1.29 is 24.2 Å². The Balaban J connectivity index is 1.62. The summed E-state index contributed by atoms with van der Waals surface area (Å²) in [6, 6.07) is -1.11. The van der Waals surface area contributed by atoms with Gasteiger partial charge in [-0.2, -0.15) is 0 Å². The first-order chi connectivity index (χ1) is 14.4. The lowest BCUT2D eigenvalue weighted by molar-refractivity contribution is -0.139. The molecule has 7 N–H and O–H groups in total. The minimum atomic E-state index is -1.19. The molecule has 1 amide bonds. The molecule has 0 radical (unpaired) electrons. The number of hydrogen-bond donors (Lipinski definition) is 6. The van der Waals surface area contributed by atoms with Crippen LogP contribution in [-0.4, -0.2) is 75.1 Å². The SMILES string of the molecule is N=C(N)NCCCC(NC(=O)OCCOCCn1cnc2c(=O)[nH]cnc21)C(=O)O. The molecule has 164 valence electrons. The van der Waals surface area contributed by atoms with Gasteiger partial charge in [-0.3, -0.25) is 10.2 Å². The number of aromatic amines is 1. The molecule has 14 heteroatoms. The molecule has 1 atom stereocenters. The van der Waals surface area contributed by atoms with Crippen LogP contribution in [0.3, 0.4) is 0 Å². The Kier molecular flexibility index (Phi) is 8.56. The van der Waals surface area contributed by atoms with Crippen LogP contribution in [0.5, 0.6) is 0 Å². The fourth-order valence-corrected chi connectivity index (χ4v) is 2.48. The summed E-state index contributed by atoms with van der Waals surface area (Å²) in [5, 5.41) is 21.0. The van der Waals surface area contributed by atoms with Gasteiger partial charge >= 0.3 is 12.1 Å². The number of nitrogens with one attached hydrogen (secondary N) is 4. The lowest BCUT2D eigenvalue weighted by Gasteiger charge is -2.14. The van der Waals surface area contributed by atoms with E-state index in [4.69, 9.17) is 25.7 Å². The second-order valence-electron chi connectivity index (χ2n) is 6.11. The van der Waals surface area contributed by atoms with Gasteiger partial charge in [-0.25, -0.2) is 19.6 Å². The number of nitrogens with two attached hydrogens (primary N) is 1. The molecule has 0 aliphatic carbocycles. The van der Waals surface area contributed by atoms with Crippen molar-refractivity contribution in [2.45, 2.75) is 25.4 Å². The number of nitrogens with zero attached hydrogens (tertiary/aromatic N) is 3. The summed E-state index contributed by atoms with van der Waals surface area (Å²) in [5.74, 6) is -1.40. The number of carbonyl (C=O) groups is 2. The molecule has 2 aromatic heterocycles. The van der Waals surface area contributed by atoms with Gasteiger partial charge < -0.3 is 40.5 Å². The van der Waals surface area contributed by atoms with Crippen molar-refractivity contribution in [3.63, 3.8) is 0 Å². The third kappa shape index (κ3) is 7.05. The van der Waals surface area contributed by atoms with Crippen molar-refractivity contribution in [2.24, 2.45) is 5.73 Å². The first kappa shape index (κ1) is 22.6. The fourth-order valence-electron chi connectivity index (χ4n) is 2.48. The number of hydrogen-bond acceptors (Lipinski definition) is 8. The summed E-state index contributed by atoms with van der Waals surface area (Å²) in [6.45, 7) is 1.03. The molecule has 2 rings (SSSR count). The zero-order valence-corrected chi connectivity index (χ0v) is 16.1. The Morgan fingerprint density at radius 3 is 2.87 bits per heavy atom. The third-order valence-electron chi connectivity index (χ3n) is 3.92. The van der Waals surface area contributed by atoms with Crippen LogP contribution in [0.15, 0.2) is 17.4 Å². The second-order valence-corrected chi connectivity index (χ2v) is 6.11. The van der Waals surface area contributed by atoms with Crippen molar-refractivity contribution >= 4 is 29.2 Å². The highest BCUT2D eigenvalue weighted by Crippen LogP contribution is 2.03. The zero-order chi connectivity index (χ0) is 21.9. The largest absolute Gasteiger partial charge is 0.480 e. The number of H-pyrrole nitrogens is 1. The van der Waals surface area contributed by atoms with E-state index in [-0.39, 0.29) is 43.3 Å². The number of fused-ring (bicyclic) bond motifs is 1. The smallest absolute Gasteiger partial charge is 0.407 e. The van der Waals surface area contributed by atoms with Gasteiger partial charge in [0.2, 0.25) is 0 Å². The molecule has 0 aliphatic rings. The van der Waals surface area contributed by atoms with E-state index in [0.29, 0.717) is 25.2 Å². The summed E-state index contributed by atoms with van der Waals surface area (Å²) < 4.78 is 11.9. The van der Waals surface area contributed by atoms with Gasteiger partial charge in [0.25, 0.3) is 5.56 Å². The summed E-state index contributed by atoms with van der Waals surface area (Å²) in [4.78, 5) is 45.0. The van der Waals surface area contributed by atoms with E-state index < -0.39 is 18.1 Å². The van der Waals surface area contributed by atoms with Crippen LogP contribution in [-0.2, 0) is 20.8 Å². The number of imidazole rings is 1. The molecule has 1 unspecified atom stereocenters. The van der Waals surface area contributed by atoms with Crippen molar-refractivity contribution in [3.05, 3.63) is 23.0 Å². The van der Waals surface area contributed by atoms with Crippen LogP contribution in [0, 0.1) is 5.41 Å². The number of rotatable bonds is 12. The second kappa shape index (κ2) is 11.4. The summed E-state index contributed by atoms with van der Waals surface area (Å²) in [7, 11) is 0. The van der Waals surface area contributed by atoms with E-state index in [1.54, 1.807) is 4.57 Å². The standard InChI is InChI=1S/C16H24N8O6/c17-15(18)19-3-1-2-10(14(26)27)23-16(28)30-7-6-29-5-4-24-9-22-11-12(24)20-8-21-13(11)25/h8-10H,1-7H2,(H,23,28)(H,26,27)(H4,17,18,19)(H,20,21,25). The molecule has 0 aromatic carbocycles. The van der Waals surface area contributed by atoms with E-state index in [9.17, 15) is 14.4 Å². The van der Waals surface area contributed by atoms with Crippen LogP contribution < -0.4 is 21.9 Å². The number of aromatic nitrogens is 4. The third-order valence-corrected chi connectivity index (χ3v) is 3.92. The fraction of sp³-hybridized carbons (Fsp3) is 0.500. The number of carboxylic acids is 1. The molecule has 14 nitrogen and oxygen atoms in total. The Hall–Kier alpha value is -3.68. The number of alkyl carbamates (subject to hydrolysis) is 1. The molecular formula is C16H24N8O6. The topological polar surface area (TPSA) is 210 Å². The number of guanidine groups is 1. The number of ether oxygens (including phenoxy) is 2. The normalized spacial score (nSPS) is 11.7. The van der Waals surface area contributed by atoms with E-state index >= 15 is 0 Å². The molecule has 0 bridgehead atoms. The highest BCUT2D eigenvalue weighted by molar-refractivity contribution is 5.79. The molecule has 0 saturated carbocycles. The molecular weight excluding hydrogens is 400 g/mol. The Bertz CT molecular complexity index is 926. The van der Waals surface area contributed by atoms with Gasteiger partial charge in [0.15, 0.2) is 17.1 Å². The minimum absolute atomic E-state index is 0.0628. The zero-order valence-electron chi connectivity index (χ0n) is 16.1. The number of amides is 1. The molecule has 0 spiro atoms. The highest BCUT2D eigenvalue weighted by Gasteiger charge is 2.20. The van der Waals surface area contributed by atoms with Crippen LogP contribution in [0.1, 0.15) is 12.8 Å². The summed E-state index contributed by atoms with van der Waals surface area (Å²) >= 11 is 0. The van der Waals surface area contributed by atoms with Gasteiger partial charge in [-0.05, 0) is 12.8 Å². The maximum absolute atomic E-state index is 11.7. The van der Waals surface area contributed by atoms with Crippen molar-refractivity contribution in [2.75, 3.05) is 26.4 Å². The van der Waals surface area contributed by atoms with E-state index in [1.807, 2.05) is 0 Å². The maximum atomic E-state index is 11.7. The Labute approximate surface area is 170 Å². The van der Waals surface area contributed by atoms with Gasteiger partial charge in [0, 0.05) is 13.1 Å². The molecule has 2 aromatic rings. The average Bonchev–Trinajstić information content (AvgIpc) is 3.11. The highest BCUT2D eigenvalue weighted by atomic mass is 16.6. The molecule has 2 heterocycles. The summed E-state index contributed by atoms with van der Waals surface area (Å²) in [6.07, 6.45) is 2.45. The lowest BCUT2D eigenvalue weighted by Crippen LogP contribution is -2.42. The van der Waals surface area contributed by atoms with Crippen molar-refractivity contribution in [1.82, 2.24) is 30.2 Å². The van der Waals surface area contributed by atoms with E-state index in [2.05, 4.69) is 25.6 Å². The average molecular weight is 424 g/mol. The quantitative estimate of drug-likeness (QED) is 0.133. The van der Waals surface area contributed by atoms with Gasteiger partial charge in [-0.1, -0.05) is 0 Å².